The number of carbonyl (C=O) groups is 1. The molecule has 1 amide bonds. The average molecular weight is 350 g/mol. The maximum Gasteiger partial charge on any atom is 0.276 e. The first-order chi connectivity index (χ1) is 9.47. The molecule has 0 atom stereocenters. The van der Waals surface area contributed by atoms with Gasteiger partial charge in [-0.05, 0) is 42.7 Å². The van der Waals surface area contributed by atoms with E-state index < -0.39 is 9.70 Å². The Balaban J connectivity index is 2.12. The second kappa shape index (κ2) is 5.34. The Bertz CT molecular complexity index is 678. The Kier molecular flexibility index (Phi) is 3.84. The molecule has 20 heavy (non-hydrogen) atoms. The first kappa shape index (κ1) is 14.4. The van der Waals surface area contributed by atoms with Gasteiger partial charge < -0.3 is 5.32 Å². The van der Waals surface area contributed by atoms with Crippen LogP contribution < -0.4 is 5.32 Å². The van der Waals surface area contributed by atoms with E-state index in [-0.39, 0.29) is 0 Å². The number of anilines is 1. The number of nitrogens with one attached hydrogen (secondary N) is 1. The fourth-order valence-electron chi connectivity index (χ4n) is 2.47. The van der Waals surface area contributed by atoms with Crippen molar-refractivity contribution in [3.05, 3.63) is 22.7 Å². The first-order valence-electron chi connectivity index (χ1n) is 6.24. The summed E-state index contributed by atoms with van der Waals surface area (Å²) in [5.74, 6) is -0.631. The minimum absolute atomic E-state index is 0.631. The van der Waals surface area contributed by atoms with E-state index in [1.807, 2.05) is 11.4 Å². The van der Waals surface area contributed by atoms with Crippen LogP contribution in [0.3, 0.4) is 0 Å². The summed E-state index contributed by atoms with van der Waals surface area (Å²) in [6.45, 7) is 0. The number of aromatic nitrogens is 1. The lowest BCUT2D eigenvalue weighted by Crippen LogP contribution is -2.28. The zero-order chi connectivity index (χ0) is 14.3. The van der Waals surface area contributed by atoms with Crippen molar-refractivity contribution in [2.24, 2.45) is 0 Å². The topological polar surface area (TPSA) is 42.0 Å². The molecule has 1 N–H and O–H groups in total. The quantitative estimate of drug-likeness (QED) is 0.771. The number of fused-ring (bicyclic) bond motifs is 2. The fraction of sp³-hybridized carbons (Fsp3) is 0.385. The van der Waals surface area contributed by atoms with E-state index in [0.29, 0.717) is 0 Å². The van der Waals surface area contributed by atoms with E-state index in [1.165, 1.54) is 0 Å². The molecule has 1 aliphatic carbocycles. The fourth-order valence-corrected chi connectivity index (χ4v) is 3.41. The number of hydrogen-bond acceptors (Lipinski definition) is 3. The lowest BCUT2D eigenvalue weighted by Gasteiger charge is -2.21. The molecule has 2 aromatic rings. The molecule has 0 spiro atoms. The van der Waals surface area contributed by atoms with Gasteiger partial charge in [-0.25, -0.2) is 4.98 Å². The molecule has 0 aromatic carbocycles. The smallest absolute Gasteiger partial charge is 0.276 e. The second-order valence-corrected chi connectivity index (χ2v) is 7.89. The van der Waals surface area contributed by atoms with Gasteiger partial charge in [-0.3, -0.25) is 4.79 Å². The molecule has 0 aliphatic heterocycles. The molecule has 0 saturated heterocycles. The minimum Gasteiger partial charge on any atom is -0.321 e. The maximum absolute atomic E-state index is 12.0. The molecule has 2 heterocycles. The van der Waals surface area contributed by atoms with E-state index in [1.54, 1.807) is 11.3 Å². The lowest BCUT2D eigenvalue weighted by molar-refractivity contribution is -0.115. The third-order valence-corrected chi connectivity index (χ3v) is 4.71. The second-order valence-electron chi connectivity index (χ2n) is 4.71. The summed E-state index contributed by atoms with van der Waals surface area (Å²) in [5, 5.41) is 5.64. The van der Waals surface area contributed by atoms with Crippen molar-refractivity contribution in [1.82, 2.24) is 4.98 Å². The van der Waals surface area contributed by atoms with Gasteiger partial charge in [0.2, 0.25) is 0 Å². The number of halogens is 3. The zero-order valence-electron chi connectivity index (χ0n) is 10.4. The number of carbonyl (C=O) groups excluding carboxylic acids is 1. The Morgan fingerprint density at radius 2 is 2.05 bits per heavy atom. The molecule has 2 aromatic heterocycles. The van der Waals surface area contributed by atoms with Crippen molar-refractivity contribution in [1.29, 1.82) is 0 Å². The molecule has 106 valence electrons. The molecule has 7 heteroatoms. The summed E-state index contributed by atoms with van der Waals surface area (Å²) >= 11 is 18.5. The van der Waals surface area contributed by atoms with Crippen LogP contribution in [0.4, 0.5) is 5.69 Å². The molecule has 0 saturated carbocycles. The summed E-state index contributed by atoms with van der Waals surface area (Å²) in [6, 6.07) is 1.94. The van der Waals surface area contributed by atoms with Gasteiger partial charge in [-0.1, -0.05) is 34.8 Å². The van der Waals surface area contributed by atoms with Crippen molar-refractivity contribution in [2.75, 3.05) is 5.32 Å². The summed E-state index contributed by atoms with van der Waals surface area (Å²) in [7, 11) is 0. The number of alkyl halides is 3. The van der Waals surface area contributed by atoms with Crippen molar-refractivity contribution in [3.63, 3.8) is 0 Å². The van der Waals surface area contributed by atoms with Gasteiger partial charge in [0.25, 0.3) is 9.70 Å². The van der Waals surface area contributed by atoms with E-state index in [0.717, 1.165) is 52.8 Å². The molecule has 0 unspecified atom stereocenters. The Morgan fingerprint density at radius 1 is 1.30 bits per heavy atom. The van der Waals surface area contributed by atoms with Crippen molar-refractivity contribution in [3.8, 4) is 0 Å². The van der Waals surface area contributed by atoms with Gasteiger partial charge in [-0.15, -0.1) is 11.3 Å². The van der Waals surface area contributed by atoms with E-state index in [9.17, 15) is 4.79 Å². The number of pyridine rings is 1. The van der Waals surface area contributed by atoms with Gasteiger partial charge in [0, 0.05) is 11.1 Å². The summed E-state index contributed by atoms with van der Waals surface area (Å²) < 4.78 is -1.97. The molecule has 0 fully saturated rings. The van der Waals surface area contributed by atoms with E-state index in [2.05, 4.69) is 10.3 Å². The van der Waals surface area contributed by atoms with Crippen LogP contribution in [-0.2, 0) is 17.6 Å². The molecule has 0 bridgehead atoms. The third kappa shape index (κ3) is 2.62. The van der Waals surface area contributed by atoms with Crippen LogP contribution in [0.15, 0.2) is 11.4 Å². The highest BCUT2D eigenvalue weighted by Gasteiger charge is 2.32. The normalized spacial score (nSPS) is 15.2. The van der Waals surface area contributed by atoms with E-state index in [4.69, 9.17) is 34.8 Å². The highest BCUT2D eigenvalue weighted by Crippen LogP contribution is 2.37. The molecule has 1 aliphatic rings. The van der Waals surface area contributed by atoms with Gasteiger partial charge in [0.15, 0.2) is 0 Å². The van der Waals surface area contributed by atoms with Crippen LogP contribution in [0.2, 0.25) is 0 Å². The monoisotopic (exact) mass is 348 g/mol. The third-order valence-electron chi connectivity index (χ3n) is 3.39. The van der Waals surface area contributed by atoms with Gasteiger partial charge >= 0.3 is 0 Å². The van der Waals surface area contributed by atoms with Crippen molar-refractivity contribution in [2.45, 2.75) is 29.5 Å². The van der Waals surface area contributed by atoms with Gasteiger partial charge in [-0.2, -0.15) is 0 Å². The number of aryl methyl sites for hydroxylation is 1. The largest absolute Gasteiger partial charge is 0.321 e. The number of hydrogen-bond donors (Lipinski definition) is 1. The van der Waals surface area contributed by atoms with Crippen LogP contribution in [0.25, 0.3) is 10.2 Å². The SMILES string of the molecule is O=C(Nc1c2c(nc3sccc13)CCCC2)C(Cl)(Cl)Cl. The molecule has 0 radical (unpaired) electrons. The maximum atomic E-state index is 12.0. The Labute approximate surface area is 135 Å². The molecule has 3 rings (SSSR count). The van der Waals surface area contributed by atoms with Crippen molar-refractivity contribution >= 4 is 68.0 Å². The van der Waals surface area contributed by atoms with Crippen LogP contribution in [-0.4, -0.2) is 14.7 Å². The first-order valence-corrected chi connectivity index (χ1v) is 8.25. The van der Waals surface area contributed by atoms with Crippen molar-refractivity contribution < 1.29 is 4.79 Å². The Morgan fingerprint density at radius 3 is 2.80 bits per heavy atom. The molecular formula is C13H11Cl3N2OS. The number of rotatable bonds is 1. The highest BCUT2D eigenvalue weighted by atomic mass is 35.6. The predicted molar refractivity (Wildman–Crippen MR) is 85.2 cm³/mol. The van der Waals surface area contributed by atoms with Crippen LogP contribution in [0.5, 0.6) is 0 Å². The standard InChI is InChI=1S/C13H11Cl3N2OS/c14-13(15,16)12(19)18-10-7-3-1-2-4-9(7)17-11-8(10)5-6-20-11/h5-6H,1-4H2,(H,17,18,19). The van der Waals surface area contributed by atoms with Gasteiger partial charge in [0.1, 0.15) is 4.83 Å². The number of amides is 1. The summed E-state index contributed by atoms with van der Waals surface area (Å²) in [6.07, 6.45) is 4.03. The highest BCUT2D eigenvalue weighted by molar-refractivity contribution is 7.16. The Hall–Kier alpha value is -0.550. The minimum atomic E-state index is -1.97. The van der Waals surface area contributed by atoms with Crippen LogP contribution in [0, 0.1) is 0 Å². The average Bonchev–Trinajstić information content (AvgIpc) is 2.85. The predicted octanol–water partition coefficient (Wildman–Crippen LogP) is 4.48. The zero-order valence-corrected chi connectivity index (χ0v) is 13.5. The number of nitrogens with zero attached hydrogens (tertiary/aromatic N) is 1. The lowest BCUT2D eigenvalue weighted by atomic mass is 9.93. The van der Waals surface area contributed by atoms with Crippen LogP contribution >= 0.6 is 46.1 Å². The summed E-state index contributed by atoms with van der Waals surface area (Å²) in [5.41, 5.74) is 2.87. The number of thiophene rings is 1. The van der Waals surface area contributed by atoms with Gasteiger partial charge in [0.05, 0.1) is 5.69 Å². The molecule has 3 nitrogen and oxygen atoms in total. The van der Waals surface area contributed by atoms with E-state index >= 15 is 0 Å². The molecular weight excluding hydrogens is 339 g/mol. The van der Waals surface area contributed by atoms with Crippen LogP contribution in [0.1, 0.15) is 24.1 Å². The summed E-state index contributed by atoms with van der Waals surface area (Å²) in [4.78, 5) is 17.5.